The van der Waals surface area contributed by atoms with Crippen LogP contribution < -0.4 is 0 Å². The number of carboxylic acid groups (broad SMARTS) is 1. The molecule has 0 heterocycles. The first-order valence-corrected chi connectivity index (χ1v) is 6.81. The number of rotatable bonds is 1. The van der Waals surface area contributed by atoms with Crippen molar-refractivity contribution >= 4 is 5.97 Å². The third kappa shape index (κ3) is 1.19. The molecule has 0 amide bonds. The number of allylic oxidation sites excluding steroid dienone is 1. The second kappa shape index (κ2) is 3.15. The van der Waals surface area contributed by atoms with Gasteiger partial charge in [0.25, 0.3) is 0 Å². The fraction of sp³-hybridized carbons (Fsp3) is 0.800. The van der Waals surface area contributed by atoms with Crippen molar-refractivity contribution < 1.29 is 9.90 Å². The van der Waals surface area contributed by atoms with E-state index >= 15 is 0 Å². The molecule has 2 heteroatoms. The first-order valence-electron chi connectivity index (χ1n) is 6.81. The van der Waals surface area contributed by atoms with Gasteiger partial charge < -0.3 is 5.11 Å². The predicted molar refractivity (Wildman–Crippen MR) is 66.5 cm³/mol. The molecule has 3 fully saturated rings. The molecule has 0 saturated heterocycles. The molecule has 2 nitrogen and oxygen atoms in total. The zero-order valence-electron chi connectivity index (χ0n) is 10.8. The summed E-state index contributed by atoms with van der Waals surface area (Å²) in [5.74, 6) is 0.453. The maximum Gasteiger partial charge on any atom is 0.307 e. The minimum absolute atomic E-state index is 0.0725. The van der Waals surface area contributed by atoms with Crippen LogP contribution in [-0.2, 0) is 4.79 Å². The summed E-state index contributed by atoms with van der Waals surface area (Å²) in [5.41, 5.74) is 1.64. The molecule has 0 aliphatic heterocycles. The molecule has 3 aliphatic rings. The lowest BCUT2D eigenvalue weighted by Gasteiger charge is -2.48. The van der Waals surface area contributed by atoms with Gasteiger partial charge in [0.1, 0.15) is 0 Å². The van der Waals surface area contributed by atoms with Crippen LogP contribution in [0.25, 0.3) is 0 Å². The number of carboxylic acids is 1. The van der Waals surface area contributed by atoms with E-state index in [0.29, 0.717) is 11.8 Å². The minimum atomic E-state index is -0.569. The Hall–Kier alpha value is -0.790. The molecular formula is C15H22O2. The average molecular weight is 234 g/mol. The number of hydrogen-bond acceptors (Lipinski definition) is 1. The third-order valence-corrected chi connectivity index (χ3v) is 6.28. The van der Waals surface area contributed by atoms with E-state index in [2.05, 4.69) is 20.4 Å². The SMILES string of the molecule is C=C1[C@H]2CC[C@H](C(=O)O)[C@]23CC[C@@H](C3)C1(C)C. The summed E-state index contributed by atoms with van der Waals surface area (Å²) < 4.78 is 0. The van der Waals surface area contributed by atoms with Crippen LogP contribution in [0.5, 0.6) is 0 Å². The fourth-order valence-electron chi connectivity index (χ4n) is 5.11. The van der Waals surface area contributed by atoms with E-state index in [9.17, 15) is 9.90 Å². The van der Waals surface area contributed by atoms with Gasteiger partial charge in [-0.1, -0.05) is 26.0 Å². The summed E-state index contributed by atoms with van der Waals surface area (Å²) >= 11 is 0. The van der Waals surface area contributed by atoms with Crippen LogP contribution in [0.4, 0.5) is 0 Å². The van der Waals surface area contributed by atoms with Gasteiger partial charge in [-0.2, -0.15) is 0 Å². The molecule has 1 N–H and O–H groups in total. The van der Waals surface area contributed by atoms with Crippen LogP contribution >= 0.6 is 0 Å². The van der Waals surface area contributed by atoms with Crippen molar-refractivity contribution in [1.82, 2.24) is 0 Å². The normalized spacial score (nSPS) is 46.9. The smallest absolute Gasteiger partial charge is 0.307 e. The summed E-state index contributed by atoms with van der Waals surface area (Å²) in [6.45, 7) is 8.96. The van der Waals surface area contributed by atoms with Crippen LogP contribution in [0.1, 0.15) is 46.0 Å². The van der Waals surface area contributed by atoms with Gasteiger partial charge in [0.05, 0.1) is 5.92 Å². The van der Waals surface area contributed by atoms with Crippen molar-refractivity contribution in [2.24, 2.45) is 28.6 Å². The summed E-state index contributed by atoms with van der Waals surface area (Å²) in [5, 5.41) is 9.45. The van der Waals surface area contributed by atoms with Gasteiger partial charge in [-0.3, -0.25) is 4.79 Å². The van der Waals surface area contributed by atoms with Crippen LogP contribution in [0, 0.1) is 28.6 Å². The Labute approximate surface area is 103 Å². The van der Waals surface area contributed by atoms with Crippen molar-refractivity contribution in [3.05, 3.63) is 12.2 Å². The summed E-state index contributed by atoms with van der Waals surface area (Å²) in [6.07, 6.45) is 5.35. The number of aliphatic carboxylic acids is 1. The van der Waals surface area contributed by atoms with Crippen molar-refractivity contribution in [2.45, 2.75) is 46.0 Å². The molecule has 3 saturated carbocycles. The Kier molecular flexibility index (Phi) is 2.10. The zero-order chi connectivity index (χ0) is 12.4. The minimum Gasteiger partial charge on any atom is -0.481 e. The first kappa shape index (κ1) is 11.3. The Balaban J connectivity index is 2.05. The van der Waals surface area contributed by atoms with Crippen LogP contribution in [0.15, 0.2) is 12.2 Å². The van der Waals surface area contributed by atoms with Crippen molar-refractivity contribution in [1.29, 1.82) is 0 Å². The summed E-state index contributed by atoms with van der Waals surface area (Å²) in [7, 11) is 0. The molecule has 2 bridgehead atoms. The molecule has 0 radical (unpaired) electrons. The highest BCUT2D eigenvalue weighted by molar-refractivity contribution is 5.72. The molecule has 3 aliphatic carbocycles. The van der Waals surface area contributed by atoms with Crippen molar-refractivity contribution in [3.63, 3.8) is 0 Å². The number of fused-ring (bicyclic) bond motifs is 1. The van der Waals surface area contributed by atoms with Gasteiger partial charge in [-0.25, -0.2) is 0 Å². The Morgan fingerprint density at radius 1 is 1.35 bits per heavy atom. The molecule has 3 rings (SSSR count). The van der Waals surface area contributed by atoms with Crippen LogP contribution in [0.2, 0.25) is 0 Å². The third-order valence-electron chi connectivity index (χ3n) is 6.28. The molecular weight excluding hydrogens is 212 g/mol. The van der Waals surface area contributed by atoms with Gasteiger partial charge in [0.2, 0.25) is 0 Å². The zero-order valence-corrected chi connectivity index (χ0v) is 10.8. The van der Waals surface area contributed by atoms with Crippen molar-refractivity contribution in [2.75, 3.05) is 0 Å². The molecule has 0 aromatic carbocycles. The quantitative estimate of drug-likeness (QED) is 0.705. The van der Waals surface area contributed by atoms with E-state index < -0.39 is 5.97 Å². The van der Waals surface area contributed by atoms with Gasteiger partial charge in [0, 0.05) is 0 Å². The lowest BCUT2D eigenvalue weighted by molar-refractivity contribution is -0.146. The maximum atomic E-state index is 11.5. The summed E-state index contributed by atoms with van der Waals surface area (Å²) in [6, 6.07) is 0. The van der Waals surface area contributed by atoms with Gasteiger partial charge in [0.15, 0.2) is 0 Å². The second-order valence-electron chi connectivity index (χ2n) is 6.94. The van der Waals surface area contributed by atoms with E-state index in [4.69, 9.17) is 0 Å². The average Bonchev–Trinajstić information content (AvgIpc) is 2.81. The molecule has 1 spiro atoms. The van der Waals surface area contributed by atoms with Crippen LogP contribution in [-0.4, -0.2) is 11.1 Å². The van der Waals surface area contributed by atoms with Crippen molar-refractivity contribution in [3.8, 4) is 0 Å². The molecule has 17 heavy (non-hydrogen) atoms. The number of carbonyl (C=O) groups is 1. The van der Waals surface area contributed by atoms with E-state index in [1.807, 2.05) is 0 Å². The molecule has 0 aromatic heterocycles. The highest BCUT2D eigenvalue weighted by Crippen LogP contribution is 2.70. The maximum absolute atomic E-state index is 11.5. The lowest BCUT2D eigenvalue weighted by Crippen LogP contribution is -2.42. The van der Waals surface area contributed by atoms with E-state index in [-0.39, 0.29) is 16.7 Å². The molecule has 4 atom stereocenters. The lowest BCUT2D eigenvalue weighted by atomic mass is 9.56. The topological polar surface area (TPSA) is 37.3 Å². The van der Waals surface area contributed by atoms with Gasteiger partial charge in [-0.05, 0) is 54.8 Å². The molecule has 94 valence electrons. The highest BCUT2D eigenvalue weighted by atomic mass is 16.4. The van der Waals surface area contributed by atoms with E-state index in [1.54, 1.807) is 0 Å². The van der Waals surface area contributed by atoms with E-state index in [1.165, 1.54) is 12.0 Å². The summed E-state index contributed by atoms with van der Waals surface area (Å²) in [4.78, 5) is 11.5. The van der Waals surface area contributed by atoms with Crippen LogP contribution in [0.3, 0.4) is 0 Å². The Morgan fingerprint density at radius 3 is 2.71 bits per heavy atom. The largest absolute Gasteiger partial charge is 0.481 e. The highest BCUT2D eigenvalue weighted by Gasteiger charge is 2.63. The van der Waals surface area contributed by atoms with Gasteiger partial charge in [-0.15, -0.1) is 0 Å². The van der Waals surface area contributed by atoms with E-state index in [0.717, 1.165) is 25.7 Å². The Morgan fingerprint density at radius 2 is 2.06 bits per heavy atom. The van der Waals surface area contributed by atoms with Gasteiger partial charge >= 0.3 is 5.97 Å². The standard InChI is InChI=1S/C15H22O2/c1-9-11-4-5-12(13(16)17)15(11)7-6-10(8-15)14(9,2)3/h10-12H,1,4-8H2,2-3H3,(H,16,17)/t10-,11+,12+,15-/m0/s1. The fourth-order valence-corrected chi connectivity index (χ4v) is 5.11. The molecule has 0 unspecified atom stereocenters. The number of hydrogen-bond donors (Lipinski definition) is 1. The predicted octanol–water partition coefficient (Wildman–Crippen LogP) is 3.48. The first-order chi connectivity index (χ1) is 7.89. The second-order valence-corrected chi connectivity index (χ2v) is 6.94. The Bertz CT molecular complexity index is 396. The molecule has 0 aromatic rings. The monoisotopic (exact) mass is 234 g/mol.